The second-order valence-corrected chi connectivity index (χ2v) is 5.07. The van der Waals surface area contributed by atoms with Crippen LogP contribution < -0.4 is 4.74 Å². The lowest BCUT2D eigenvalue weighted by molar-refractivity contribution is -0.385. The summed E-state index contributed by atoms with van der Waals surface area (Å²) in [6.45, 7) is 0.666. The van der Waals surface area contributed by atoms with Crippen molar-refractivity contribution in [2.24, 2.45) is 0 Å². The zero-order valence-electron chi connectivity index (χ0n) is 11.4. The highest BCUT2D eigenvalue weighted by Gasteiger charge is 2.19. The summed E-state index contributed by atoms with van der Waals surface area (Å²) in [5.41, 5.74) is 2.42. The summed E-state index contributed by atoms with van der Waals surface area (Å²) in [7, 11) is 0. The average molecular weight is 285 g/mol. The quantitative estimate of drug-likeness (QED) is 0.692. The number of nitro benzene ring substituents is 1. The van der Waals surface area contributed by atoms with Crippen molar-refractivity contribution in [3.05, 3.63) is 69.3 Å². The van der Waals surface area contributed by atoms with E-state index in [0.717, 1.165) is 23.3 Å². The normalized spacial score (nSPS) is 14.3. The van der Waals surface area contributed by atoms with Gasteiger partial charge in [0.05, 0.1) is 17.6 Å². The molecular weight excluding hydrogens is 270 g/mol. The molecular formula is C16H15NO4. The number of benzene rings is 2. The van der Waals surface area contributed by atoms with Crippen molar-refractivity contribution < 1.29 is 14.8 Å². The van der Waals surface area contributed by atoms with Crippen LogP contribution in [0.4, 0.5) is 5.69 Å². The Morgan fingerprint density at radius 3 is 2.90 bits per heavy atom. The van der Waals surface area contributed by atoms with Crippen LogP contribution in [0.15, 0.2) is 42.5 Å². The molecule has 1 heterocycles. The largest absolute Gasteiger partial charge is 0.493 e. The van der Waals surface area contributed by atoms with E-state index in [9.17, 15) is 15.2 Å². The molecule has 108 valence electrons. The fourth-order valence-corrected chi connectivity index (χ4v) is 2.60. The number of rotatable bonds is 4. The summed E-state index contributed by atoms with van der Waals surface area (Å²) in [5, 5.41) is 21.3. The second-order valence-electron chi connectivity index (χ2n) is 5.07. The van der Waals surface area contributed by atoms with E-state index < -0.39 is 11.0 Å². The van der Waals surface area contributed by atoms with Gasteiger partial charge in [-0.25, -0.2) is 0 Å². The molecule has 0 bridgehead atoms. The van der Waals surface area contributed by atoms with Gasteiger partial charge in [0, 0.05) is 24.5 Å². The highest BCUT2D eigenvalue weighted by atomic mass is 16.6. The summed E-state index contributed by atoms with van der Waals surface area (Å²) >= 11 is 0. The van der Waals surface area contributed by atoms with E-state index in [1.165, 1.54) is 6.07 Å². The number of hydrogen-bond acceptors (Lipinski definition) is 4. The molecule has 0 spiro atoms. The maximum atomic E-state index is 11.0. The molecule has 0 aromatic heterocycles. The molecule has 0 radical (unpaired) electrons. The number of para-hydroxylation sites is 1. The SMILES string of the molecule is O=[N+]([O-])c1ccccc1CC(O)c1ccc2c(c1)CCO2. The van der Waals surface area contributed by atoms with Crippen LogP contribution >= 0.6 is 0 Å². The fraction of sp³-hybridized carbons (Fsp3) is 0.250. The third kappa shape index (κ3) is 2.73. The number of hydrogen-bond donors (Lipinski definition) is 1. The molecule has 1 unspecified atom stereocenters. The number of aliphatic hydroxyl groups is 1. The Labute approximate surface area is 122 Å². The van der Waals surface area contributed by atoms with Crippen molar-refractivity contribution in [1.29, 1.82) is 0 Å². The molecule has 2 aromatic carbocycles. The lowest BCUT2D eigenvalue weighted by Crippen LogP contribution is -2.04. The van der Waals surface area contributed by atoms with Crippen molar-refractivity contribution >= 4 is 5.69 Å². The van der Waals surface area contributed by atoms with Crippen LogP contribution in [0, 0.1) is 10.1 Å². The molecule has 1 N–H and O–H groups in total. The predicted molar refractivity (Wildman–Crippen MR) is 77.4 cm³/mol. The van der Waals surface area contributed by atoms with Gasteiger partial charge in [0.25, 0.3) is 5.69 Å². The third-order valence-corrected chi connectivity index (χ3v) is 3.70. The van der Waals surface area contributed by atoms with E-state index in [-0.39, 0.29) is 12.1 Å². The zero-order valence-corrected chi connectivity index (χ0v) is 11.4. The van der Waals surface area contributed by atoms with Crippen molar-refractivity contribution in [3.63, 3.8) is 0 Å². The lowest BCUT2D eigenvalue weighted by atomic mass is 9.98. The number of ether oxygens (including phenoxy) is 1. The van der Waals surface area contributed by atoms with Crippen LogP contribution in [-0.2, 0) is 12.8 Å². The first-order valence-corrected chi connectivity index (χ1v) is 6.81. The van der Waals surface area contributed by atoms with Crippen LogP contribution in [0.25, 0.3) is 0 Å². The smallest absolute Gasteiger partial charge is 0.272 e. The molecule has 1 atom stereocenters. The van der Waals surface area contributed by atoms with Crippen LogP contribution in [0.3, 0.4) is 0 Å². The average Bonchev–Trinajstić information content (AvgIpc) is 2.94. The van der Waals surface area contributed by atoms with Crippen LogP contribution in [0.1, 0.15) is 22.8 Å². The van der Waals surface area contributed by atoms with Crippen LogP contribution in [0.2, 0.25) is 0 Å². The minimum atomic E-state index is -0.767. The van der Waals surface area contributed by atoms with Gasteiger partial charge in [0.2, 0.25) is 0 Å². The molecule has 21 heavy (non-hydrogen) atoms. The first-order valence-electron chi connectivity index (χ1n) is 6.81. The van der Waals surface area contributed by atoms with E-state index in [0.29, 0.717) is 12.2 Å². The molecule has 0 aliphatic carbocycles. The Kier molecular flexibility index (Phi) is 3.58. The molecule has 5 nitrogen and oxygen atoms in total. The Bertz CT molecular complexity index is 684. The van der Waals surface area contributed by atoms with Gasteiger partial charge in [-0.2, -0.15) is 0 Å². The van der Waals surface area contributed by atoms with Crippen LogP contribution in [-0.4, -0.2) is 16.6 Å². The zero-order chi connectivity index (χ0) is 14.8. The van der Waals surface area contributed by atoms with Gasteiger partial charge < -0.3 is 9.84 Å². The monoisotopic (exact) mass is 285 g/mol. The molecule has 3 rings (SSSR count). The number of nitrogens with zero attached hydrogens (tertiary/aromatic N) is 1. The van der Waals surface area contributed by atoms with Gasteiger partial charge >= 0.3 is 0 Å². The van der Waals surface area contributed by atoms with Crippen molar-refractivity contribution in [2.45, 2.75) is 18.9 Å². The molecule has 1 aliphatic heterocycles. The Morgan fingerprint density at radius 2 is 2.10 bits per heavy atom. The minimum Gasteiger partial charge on any atom is -0.493 e. The maximum absolute atomic E-state index is 11.0. The summed E-state index contributed by atoms with van der Waals surface area (Å²) in [5.74, 6) is 0.858. The highest BCUT2D eigenvalue weighted by Crippen LogP contribution is 2.30. The molecule has 0 saturated carbocycles. The lowest BCUT2D eigenvalue weighted by Gasteiger charge is -2.12. The van der Waals surface area contributed by atoms with Crippen LogP contribution in [0.5, 0.6) is 5.75 Å². The summed E-state index contributed by atoms with van der Waals surface area (Å²) in [6.07, 6.45) is 0.287. The van der Waals surface area contributed by atoms with Gasteiger partial charge in [0.15, 0.2) is 0 Å². The van der Waals surface area contributed by atoms with Gasteiger partial charge in [-0.15, -0.1) is 0 Å². The third-order valence-electron chi connectivity index (χ3n) is 3.70. The number of aliphatic hydroxyl groups excluding tert-OH is 1. The first kappa shape index (κ1) is 13.6. The fourth-order valence-electron chi connectivity index (χ4n) is 2.60. The minimum absolute atomic E-state index is 0.0426. The maximum Gasteiger partial charge on any atom is 0.272 e. The van der Waals surface area contributed by atoms with E-state index in [1.807, 2.05) is 18.2 Å². The van der Waals surface area contributed by atoms with Crippen molar-refractivity contribution in [1.82, 2.24) is 0 Å². The standard InChI is InChI=1S/C16H15NO4/c18-15(10-11-3-1-2-4-14(11)17(19)20)12-5-6-16-13(9-12)7-8-21-16/h1-6,9,15,18H,7-8,10H2. The predicted octanol–water partition coefficient (Wildman–Crippen LogP) is 2.81. The summed E-state index contributed by atoms with van der Waals surface area (Å²) in [4.78, 5) is 10.6. The molecule has 0 amide bonds. The molecule has 5 heteroatoms. The Hall–Kier alpha value is -2.40. The van der Waals surface area contributed by atoms with E-state index in [1.54, 1.807) is 18.2 Å². The van der Waals surface area contributed by atoms with E-state index >= 15 is 0 Å². The van der Waals surface area contributed by atoms with Crippen molar-refractivity contribution in [2.75, 3.05) is 6.61 Å². The molecule has 0 saturated heterocycles. The second kappa shape index (κ2) is 5.54. The Morgan fingerprint density at radius 1 is 1.29 bits per heavy atom. The summed E-state index contributed by atoms with van der Waals surface area (Å²) in [6, 6.07) is 12.1. The number of fused-ring (bicyclic) bond motifs is 1. The Balaban J connectivity index is 1.83. The topological polar surface area (TPSA) is 72.6 Å². The van der Waals surface area contributed by atoms with E-state index in [4.69, 9.17) is 4.74 Å². The van der Waals surface area contributed by atoms with Gasteiger partial charge in [-0.3, -0.25) is 10.1 Å². The number of nitro groups is 1. The molecule has 0 fully saturated rings. The van der Waals surface area contributed by atoms with Gasteiger partial charge in [0.1, 0.15) is 5.75 Å². The van der Waals surface area contributed by atoms with Gasteiger partial charge in [-0.1, -0.05) is 24.3 Å². The van der Waals surface area contributed by atoms with Crippen molar-refractivity contribution in [3.8, 4) is 5.75 Å². The summed E-state index contributed by atoms with van der Waals surface area (Å²) < 4.78 is 5.43. The highest BCUT2D eigenvalue weighted by molar-refractivity contribution is 5.43. The first-order chi connectivity index (χ1) is 10.1. The van der Waals surface area contributed by atoms with E-state index in [2.05, 4.69) is 0 Å². The molecule has 2 aromatic rings. The molecule has 1 aliphatic rings. The van der Waals surface area contributed by atoms with Gasteiger partial charge in [-0.05, 0) is 23.3 Å².